The van der Waals surface area contributed by atoms with Crippen LogP contribution >= 0.6 is 15.9 Å². The Hall–Kier alpha value is -1.65. The molecule has 0 aliphatic heterocycles. The molecule has 4 heteroatoms. The van der Waals surface area contributed by atoms with E-state index in [-0.39, 0.29) is 5.82 Å². The third-order valence-electron chi connectivity index (χ3n) is 3.14. The first-order chi connectivity index (χ1) is 9.61. The molecule has 0 amide bonds. The monoisotopic (exact) mass is 334 g/mol. The summed E-state index contributed by atoms with van der Waals surface area (Å²) < 4.78 is 19.7. The zero-order chi connectivity index (χ0) is 14.1. The highest BCUT2D eigenvalue weighted by atomic mass is 79.9. The van der Waals surface area contributed by atoms with E-state index in [1.807, 2.05) is 24.3 Å². The number of furan rings is 1. The van der Waals surface area contributed by atoms with Crippen LogP contribution < -0.4 is 0 Å². The number of hydrogen-bond acceptors (Lipinski definition) is 2. The Kier molecular flexibility index (Phi) is 3.59. The fraction of sp³-hybridized carbons (Fsp3) is 0.125. The molecular weight excluding hydrogens is 323 g/mol. The molecule has 0 fully saturated rings. The van der Waals surface area contributed by atoms with Crippen molar-refractivity contribution in [2.45, 2.75) is 12.5 Å². The number of fused-ring (bicyclic) bond motifs is 1. The molecule has 3 aromatic rings. The van der Waals surface area contributed by atoms with Crippen molar-refractivity contribution in [2.24, 2.45) is 0 Å². The zero-order valence-corrected chi connectivity index (χ0v) is 12.1. The minimum absolute atomic E-state index is 0.314. The van der Waals surface area contributed by atoms with Gasteiger partial charge in [-0.3, -0.25) is 0 Å². The van der Waals surface area contributed by atoms with E-state index in [0.717, 1.165) is 10.0 Å². The van der Waals surface area contributed by atoms with E-state index in [1.54, 1.807) is 12.1 Å². The van der Waals surface area contributed by atoms with E-state index in [1.165, 1.54) is 12.1 Å². The topological polar surface area (TPSA) is 33.4 Å². The highest BCUT2D eigenvalue weighted by Crippen LogP contribution is 2.27. The van der Waals surface area contributed by atoms with Crippen molar-refractivity contribution in [3.05, 3.63) is 70.1 Å². The molecule has 3 rings (SSSR count). The lowest BCUT2D eigenvalue weighted by Crippen LogP contribution is -2.00. The number of halogens is 2. The second-order valence-electron chi connectivity index (χ2n) is 4.68. The average Bonchev–Trinajstić information content (AvgIpc) is 2.81. The second kappa shape index (κ2) is 5.38. The maximum atomic E-state index is 13.1. The molecule has 0 radical (unpaired) electrons. The van der Waals surface area contributed by atoms with E-state index in [9.17, 15) is 9.50 Å². The molecular formula is C16H12BrFO2. The van der Waals surface area contributed by atoms with Gasteiger partial charge in [0.1, 0.15) is 23.3 Å². The molecule has 0 aliphatic rings. The molecule has 1 N–H and O–H groups in total. The number of rotatable bonds is 3. The van der Waals surface area contributed by atoms with Crippen LogP contribution in [-0.2, 0) is 6.42 Å². The third-order valence-corrected chi connectivity index (χ3v) is 3.64. The van der Waals surface area contributed by atoms with E-state index >= 15 is 0 Å². The molecule has 102 valence electrons. The fourth-order valence-electron chi connectivity index (χ4n) is 2.19. The van der Waals surface area contributed by atoms with E-state index in [2.05, 4.69) is 15.9 Å². The molecule has 0 bridgehead atoms. The van der Waals surface area contributed by atoms with Gasteiger partial charge in [0.25, 0.3) is 0 Å². The van der Waals surface area contributed by atoms with Gasteiger partial charge in [0.15, 0.2) is 0 Å². The molecule has 2 aromatic carbocycles. The summed E-state index contributed by atoms with van der Waals surface area (Å²) >= 11 is 3.40. The summed E-state index contributed by atoms with van der Waals surface area (Å²) in [4.78, 5) is 0. The van der Waals surface area contributed by atoms with Gasteiger partial charge in [-0.1, -0.05) is 28.1 Å². The van der Waals surface area contributed by atoms with Crippen LogP contribution in [0.3, 0.4) is 0 Å². The van der Waals surface area contributed by atoms with Crippen molar-refractivity contribution in [3.8, 4) is 0 Å². The standard InChI is InChI=1S/C16H12BrFO2/c17-12-3-1-2-10(6-12)7-14(19)16-9-11-8-13(18)4-5-15(11)20-16/h1-6,8-9,14,19H,7H2. The maximum absolute atomic E-state index is 13.1. The normalized spacial score (nSPS) is 12.8. The molecule has 1 aromatic heterocycles. The summed E-state index contributed by atoms with van der Waals surface area (Å²) in [5, 5.41) is 10.9. The summed E-state index contributed by atoms with van der Waals surface area (Å²) in [5.41, 5.74) is 1.58. The van der Waals surface area contributed by atoms with Crippen molar-refractivity contribution >= 4 is 26.9 Å². The molecule has 1 unspecified atom stereocenters. The van der Waals surface area contributed by atoms with Crippen LogP contribution in [-0.4, -0.2) is 5.11 Å². The summed E-state index contributed by atoms with van der Waals surface area (Å²) in [7, 11) is 0. The summed E-state index contributed by atoms with van der Waals surface area (Å²) in [6.07, 6.45) is -0.304. The molecule has 2 nitrogen and oxygen atoms in total. The predicted octanol–water partition coefficient (Wildman–Crippen LogP) is 4.61. The van der Waals surface area contributed by atoms with Crippen molar-refractivity contribution < 1.29 is 13.9 Å². The van der Waals surface area contributed by atoms with Crippen molar-refractivity contribution in [2.75, 3.05) is 0 Å². The summed E-state index contributed by atoms with van der Waals surface area (Å²) in [6, 6.07) is 13.7. The van der Waals surface area contributed by atoms with Crippen LogP contribution in [0.4, 0.5) is 4.39 Å². The quantitative estimate of drug-likeness (QED) is 0.758. The van der Waals surface area contributed by atoms with Gasteiger partial charge in [0.05, 0.1) is 0 Å². The molecule has 0 aliphatic carbocycles. The summed E-state index contributed by atoms with van der Waals surface area (Å²) in [6.45, 7) is 0. The molecule has 0 saturated carbocycles. The Labute approximate surface area is 124 Å². The molecule has 0 saturated heterocycles. The Morgan fingerprint density at radius 2 is 2.00 bits per heavy atom. The lowest BCUT2D eigenvalue weighted by Gasteiger charge is -2.07. The maximum Gasteiger partial charge on any atom is 0.134 e. The number of benzene rings is 2. The first kappa shape index (κ1) is 13.3. The largest absolute Gasteiger partial charge is 0.458 e. The van der Waals surface area contributed by atoms with E-state index in [0.29, 0.717) is 23.2 Å². The van der Waals surface area contributed by atoms with Gasteiger partial charge in [-0.25, -0.2) is 4.39 Å². The fourth-order valence-corrected chi connectivity index (χ4v) is 2.63. The third kappa shape index (κ3) is 2.76. The van der Waals surface area contributed by atoms with Crippen LogP contribution in [0.25, 0.3) is 11.0 Å². The zero-order valence-electron chi connectivity index (χ0n) is 10.5. The Bertz CT molecular complexity index is 751. The minimum atomic E-state index is -0.750. The number of aliphatic hydroxyl groups excluding tert-OH is 1. The SMILES string of the molecule is OC(Cc1cccc(Br)c1)c1cc2cc(F)ccc2o1. The Balaban J connectivity index is 1.86. The van der Waals surface area contributed by atoms with Gasteiger partial charge in [0.2, 0.25) is 0 Å². The predicted molar refractivity (Wildman–Crippen MR) is 79.0 cm³/mol. The molecule has 1 atom stereocenters. The van der Waals surface area contributed by atoms with Crippen LogP contribution in [0.2, 0.25) is 0 Å². The van der Waals surface area contributed by atoms with E-state index < -0.39 is 6.10 Å². The van der Waals surface area contributed by atoms with Crippen molar-refractivity contribution in [1.29, 1.82) is 0 Å². The summed E-state index contributed by atoms with van der Waals surface area (Å²) in [5.74, 6) is 0.136. The van der Waals surface area contributed by atoms with Gasteiger partial charge in [-0.15, -0.1) is 0 Å². The van der Waals surface area contributed by atoms with Gasteiger partial charge in [-0.2, -0.15) is 0 Å². The average molecular weight is 335 g/mol. The van der Waals surface area contributed by atoms with Gasteiger partial charge >= 0.3 is 0 Å². The number of aliphatic hydroxyl groups is 1. The van der Waals surface area contributed by atoms with Gasteiger partial charge in [0, 0.05) is 16.3 Å². The van der Waals surface area contributed by atoms with Crippen LogP contribution in [0.1, 0.15) is 17.4 Å². The van der Waals surface area contributed by atoms with Gasteiger partial charge < -0.3 is 9.52 Å². The minimum Gasteiger partial charge on any atom is -0.458 e. The van der Waals surface area contributed by atoms with Crippen molar-refractivity contribution in [3.63, 3.8) is 0 Å². The smallest absolute Gasteiger partial charge is 0.134 e. The number of hydrogen-bond donors (Lipinski definition) is 1. The highest BCUT2D eigenvalue weighted by Gasteiger charge is 2.14. The second-order valence-corrected chi connectivity index (χ2v) is 5.60. The van der Waals surface area contributed by atoms with E-state index in [4.69, 9.17) is 4.42 Å². The Morgan fingerprint density at radius 3 is 2.80 bits per heavy atom. The highest BCUT2D eigenvalue weighted by molar-refractivity contribution is 9.10. The molecule has 20 heavy (non-hydrogen) atoms. The first-order valence-electron chi connectivity index (χ1n) is 6.23. The molecule has 1 heterocycles. The lowest BCUT2D eigenvalue weighted by atomic mass is 10.1. The Morgan fingerprint density at radius 1 is 1.15 bits per heavy atom. The lowest BCUT2D eigenvalue weighted by molar-refractivity contribution is 0.152. The van der Waals surface area contributed by atoms with Crippen LogP contribution in [0.15, 0.2) is 57.4 Å². The van der Waals surface area contributed by atoms with Crippen LogP contribution in [0.5, 0.6) is 0 Å². The van der Waals surface area contributed by atoms with Crippen LogP contribution in [0, 0.1) is 5.82 Å². The molecule has 0 spiro atoms. The van der Waals surface area contributed by atoms with Gasteiger partial charge in [-0.05, 0) is 42.0 Å². The first-order valence-corrected chi connectivity index (χ1v) is 7.02. The van der Waals surface area contributed by atoms with Crippen molar-refractivity contribution in [1.82, 2.24) is 0 Å².